The summed E-state index contributed by atoms with van der Waals surface area (Å²) < 4.78 is 7.41. The molecule has 0 radical (unpaired) electrons. The van der Waals surface area contributed by atoms with Gasteiger partial charge in [-0.25, -0.2) is 4.52 Å². The van der Waals surface area contributed by atoms with Crippen molar-refractivity contribution in [3.8, 4) is 11.9 Å². The summed E-state index contributed by atoms with van der Waals surface area (Å²) in [4.78, 5) is 4.43. The van der Waals surface area contributed by atoms with E-state index in [1.807, 2.05) is 38.1 Å². The summed E-state index contributed by atoms with van der Waals surface area (Å²) >= 11 is 0. The van der Waals surface area contributed by atoms with Crippen molar-refractivity contribution in [2.75, 3.05) is 0 Å². The first-order valence-electron chi connectivity index (χ1n) is 6.04. The summed E-state index contributed by atoms with van der Waals surface area (Å²) in [6.07, 6.45) is 1.54. The summed E-state index contributed by atoms with van der Waals surface area (Å²) in [5, 5.41) is 14.2. The first kappa shape index (κ1) is 11.5. The summed E-state index contributed by atoms with van der Waals surface area (Å²) in [6, 6.07) is 9.82. The standard InChI is InChI=1S/C14H12N4O/c1-9(2)19-14-11-5-3-4-6-12(11)18-13(17-14)10(7-15)8-16-18/h3-6,8-9H,1-2H3. The van der Waals surface area contributed by atoms with Gasteiger partial charge >= 0.3 is 0 Å². The third kappa shape index (κ3) is 1.78. The second-order valence-electron chi connectivity index (χ2n) is 4.51. The Hall–Kier alpha value is -2.61. The average Bonchev–Trinajstić information content (AvgIpc) is 2.81. The van der Waals surface area contributed by atoms with E-state index in [0.717, 1.165) is 10.9 Å². The quantitative estimate of drug-likeness (QED) is 0.703. The predicted molar refractivity (Wildman–Crippen MR) is 71.0 cm³/mol. The van der Waals surface area contributed by atoms with Crippen LogP contribution >= 0.6 is 0 Å². The summed E-state index contributed by atoms with van der Waals surface area (Å²) in [7, 11) is 0. The van der Waals surface area contributed by atoms with Gasteiger partial charge in [-0.3, -0.25) is 0 Å². The molecule has 0 N–H and O–H groups in total. The maximum absolute atomic E-state index is 9.09. The molecule has 0 aliphatic rings. The van der Waals surface area contributed by atoms with E-state index in [-0.39, 0.29) is 6.10 Å². The Kier molecular flexibility index (Phi) is 2.57. The van der Waals surface area contributed by atoms with Gasteiger partial charge in [-0.1, -0.05) is 12.1 Å². The van der Waals surface area contributed by atoms with E-state index in [1.165, 1.54) is 6.20 Å². The number of benzene rings is 1. The number of para-hydroxylation sites is 1. The third-order valence-electron chi connectivity index (χ3n) is 2.78. The van der Waals surface area contributed by atoms with E-state index in [9.17, 15) is 0 Å². The lowest BCUT2D eigenvalue weighted by Gasteiger charge is -2.12. The van der Waals surface area contributed by atoms with E-state index in [4.69, 9.17) is 10.00 Å². The van der Waals surface area contributed by atoms with Gasteiger partial charge in [0.05, 0.1) is 23.2 Å². The van der Waals surface area contributed by atoms with Gasteiger partial charge < -0.3 is 4.74 Å². The molecule has 5 nitrogen and oxygen atoms in total. The molecule has 19 heavy (non-hydrogen) atoms. The van der Waals surface area contributed by atoms with E-state index in [1.54, 1.807) is 4.52 Å². The Balaban J connectivity index is 2.41. The fourth-order valence-corrected chi connectivity index (χ4v) is 2.01. The minimum Gasteiger partial charge on any atom is -0.474 e. The number of nitrogens with zero attached hydrogens (tertiary/aromatic N) is 4. The van der Waals surface area contributed by atoms with Crippen LogP contribution in [0.1, 0.15) is 19.4 Å². The molecule has 2 aromatic heterocycles. The van der Waals surface area contributed by atoms with Gasteiger partial charge in [0, 0.05) is 0 Å². The molecule has 0 aliphatic carbocycles. The average molecular weight is 252 g/mol. The van der Waals surface area contributed by atoms with Crippen molar-refractivity contribution >= 4 is 16.6 Å². The number of nitriles is 1. The lowest BCUT2D eigenvalue weighted by atomic mass is 10.2. The van der Waals surface area contributed by atoms with Crippen LogP contribution in [0.5, 0.6) is 5.88 Å². The molecule has 0 saturated carbocycles. The fraction of sp³-hybridized carbons (Fsp3) is 0.214. The minimum absolute atomic E-state index is 0.0202. The molecule has 0 spiro atoms. The lowest BCUT2D eigenvalue weighted by molar-refractivity contribution is 0.236. The molecule has 5 heteroatoms. The topological polar surface area (TPSA) is 63.2 Å². The van der Waals surface area contributed by atoms with Gasteiger partial charge in [0.15, 0.2) is 5.65 Å². The third-order valence-corrected chi connectivity index (χ3v) is 2.78. The Morgan fingerprint density at radius 3 is 2.84 bits per heavy atom. The first-order chi connectivity index (χ1) is 9.20. The maximum Gasteiger partial charge on any atom is 0.225 e. The Bertz CT molecular complexity index is 798. The molecule has 0 aliphatic heterocycles. The highest BCUT2D eigenvalue weighted by Crippen LogP contribution is 2.26. The summed E-state index contributed by atoms with van der Waals surface area (Å²) in [5.74, 6) is 0.537. The van der Waals surface area contributed by atoms with Gasteiger partial charge in [-0.15, -0.1) is 0 Å². The van der Waals surface area contributed by atoms with Gasteiger partial charge in [0.1, 0.15) is 11.6 Å². The molecule has 3 rings (SSSR count). The van der Waals surface area contributed by atoms with Gasteiger partial charge in [-0.05, 0) is 26.0 Å². The number of fused-ring (bicyclic) bond motifs is 3. The number of aromatic nitrogens is 3. The Labute approximate surface area is 110 Å². The van der Waals surface area contributed by atoms with Crippen molar-refractivity contribution in [1.82, 2.24) is 14.6 Å². The summed E-state index contributed by atoms with van der Waals surface area (Å²) in [5.41, 5.74) is 1.85. The van der Waals surface area contributed by atoms with Crippen LogP contribution in [-0.4, -0.2) is 20.7 Å². The van der Waals surface area contributed by atoms with E-state index >= 15 is 0 Å². The monoisotopic (exact) mass is 252 g/mol. The van der Waals surface area contributed by atoms with Crippen LogP contribution in [0.2, 0.25) is 0 Å². The minimum atomic E-state index is 0.0202. The fourth-order valence-electron chi connectivity index (χ4n) is 2.01. The summed E-state index contributed by atoms with van der Waals surface area (Å²) in [6.45, 7) is 3.89. The van der Waals surface area contributed by atoms with Crippen LogP contribution in [-0.2, 0) is 0 Å². The van der Waals surface area contributed by atoms with Gasteiger partial charge in [0.25, 0.3) is 0 Å². The van der Waals surface area contributed by atoms with Crippen molar-refractivity contribution in [2.24, 2.45) is 0 Å². The SMILES string of the molecule is CC(C)Oc1nc2c(C#N)cnn2c2ccccc12. The van der Waals surface area contributed by atoms with E-state index < -0.39 is 0 Å². The zero-order chi connectivity index (χ0) is 13.4. The zero-order valence-corrected chi connectivity index (χ0v) is 10.7. The van der Waals surface area contributed by atoms with Crippen LogP contribution in [0.3, 0.4) is 0 Å². The highest BCUT2D eigenvalue weighted by Gasteiger charge is 2.14. The normalized spacial score (nSPS) is 11.1. The zero-order valence-electron chi connectivity index (χ0n) is 10.7. The second kappa shape index (κ2) is 4.25. The van der Waals surface area contributed by atoms with Crippen molar-refractivity contribution < 1.29 is 4.74 Å². The number of rotatable bonds is 2. The molecule has 0 unspecified atom stereocenters. The molecule has 0 fully saturated rings. The molecule has 0 atom stereocenters. The number of hydrogen-bond acceptors (Lipinski definition) is 4. The van der Waals surface area contributed by atoms with Crippen LogP contribution in [0.25, 0.3) is 16.6 Å². The van der Waals surface area contributed by atoms with Crippen LogP contribution in [0, 0.1) is 11.3 Å². The molecule has 3 aromatic rings. The highest BCUT2D eigenvalue weighted by molar-refractivity contribution is 5.86. The molecule has 1 aromatic carbocycles. The maximum atomic E-state index is 9.09. The first-order valence-corrected chi connectivity index (χ1v) is 6.04. The Morgan fingerprint density at radius 1 is 1.32 bits per heavy atom. The lowest BCUT2D eigenvalue weighted by Crippen LogP contribution is -2.08. The van der Waals surface area contributed by atoms with Crippen molar-refractivity contribution in [3.05, 3.63) is 36.0 Å². The van der Waals surface area contributed by atoms with Crippen LogP contribution in [0.4, 0.5) is 0 Å². The molecule has 94 valence electrons. The van der Waals surface area contributed by atoms with Crippen molar-refractivity contribution in [3.63, 3.8) is 0 Å². The van der Waals surface area contributed by atoms with Crippen LogP contribution in [0.15, 0.2) is 30.5 Å². The van der Waals surface area contributed by atoms with Gasteiger partial charge in [0.2, 0.25) is 5.88 Å². The highest BCUT2D eigenvalue weighted by atomic mass is 16.5. The molecule has 0 bridgehead atoms. The molecule has 0 saturated heterocycles. The van der Waals surface area contributed by atoms with Crippen molar-refractivity contribution in [1.29, 1.82) is 5.26 Å². The van der Waals surface area contributed by atoms with E-state index in [0.29, 0.717) is 17.1 Å². The van der Waals surface area contributed by atoms with Gasteiger partial charge in [-0.2, -0.15) is 15.3 Å². The number of ether oxygens (including phenoxy) is 1. The molecule has 0 amide bonds. The number of hydrogen-bond donors (Lipinski definition) is 0. The smallest absolute Gasteiger partial charge is 0.225 e. The van der Waals surface area contributed by atoms with Crippen molar-refractivity contribution in [2.45, 2.75) is 20.0 Å². The van der Waals surface area contributed by atoms with Crippen LogP contribution < -0.4 is 4.74 Å². The largest absolute Gasteiger partial charge is 0.474 e. The second-order valence-corrected chi connectivity index (χ2v) is 4.51. The predicted octanol–water partition coefficient (Wildman–Crippen LogP) is 2.54. The molecular formula is C14H12N4O. The Morgan fingerprint density at radius 2 is 2.11 bits per heavy atom. The molecule has 2 heterocycles. The van der Waals surface area contributed by atoms with E-state index in [2.05, 4.69) is 16.2 Å². The molecular weight excluding hydrogens is 240 g/mol.